The number of amides is 1. The predicted molar refractivity (Wildman–Crippen MR) is 137 cm³/mol. The molecule has 0 atom stereocenters. The number of carbonyl (C=O) groups excluding carboxylic acids is 1. The average Bonchev–Trinajstić information content (AvgIpc) is 3.22. The van der Waals surface area contributed by atoms with Crippen LogP contribution in [-0.4, -0.2) is 27.8 Å². The fourth-order valence-corrected chi connectivity index (χ4v) is 4.54. The van der Waals surface area contributed by atoms with Gasteiger partial charge >= 0.3 is 0 Å². The summed E-state index contributed by atoms with van der Waals surface area (Å²) in [6, 6.07) is 15.6. The van der Waals surface area contributed by atoms with Crippen molar-refractivity contribution in [2.75, 3.05) is 12.4 Å². The van der Waals surface area contributed by atoms with Crippen LogP contribution >= 0.6 is 0 Å². The molecule has 0 radical (unpaired) electrons. The molecule has 7 heteroatoms. The first kappa shape index (κ1) is 22.7. The summed E-state index contributed by atoms with van der Waals surface area (Å²) in [7, 11) is 1.62. The number of rotatable bonds is 5. The number of aromatic nitrogens is 3. The van der Waals surface area contributed by atoms with E-state index in [0.29, 0.717) is 30.2 Å². The number of ether oxygens (including phenoxy) is 2. The number of methoxy groups -OCH3 is 1. The van der Waals surface area contributed by atoms with Crippen LogP contribution < -0.4 is 14.8 Å². The van der Waals surface area contributed by atoms with E-state index >= 15 is 0 Å². The molecule has 0 bridgehead atoms. The van der Waals surface area contributed by atoms with Crippen molar-refractivity contribution < 1.29 is 14.3 Å². The average molecular weight is 469 g/mol. The summed E-state index contributed by atoms with van der Waals surface area (Å²) < 4.78 is 13.4. The van der Waals surface area contributed by atoms with Gasteiger partial charge in [0, 0.05) is 40.0 Å². The van der Waals surface area contributed by atoms with Crippen LogP contribution in [0, 0.1) is 0 Å². The van der Waals surface area contributed by atoms with Crippen LogP contribution in [0.2, 0.25) is 0 Å². The van der Waals surface area contributed by atoms with Crippen LogP contribution in [0.4, 0.5) is 5.69 Å². The van der Waals surface area contributed by atoms with E-state index in [1.165, 1.54) is 0 Å². The number of carbonyl (C=O) groups is 1. The zero-order valence-electron chi connectivity index (χ0n) is 20.3. The molecular weight excluding hydrogens is 440 g/mol. The lowest BCUT2D eigenvalue weighted by Gasteiger charge is -2.17. The van der Waals surface area contributed by atoms with E-state index < -0.39 is 0 Å². The second-order valence-electron chi connectivity index (χ2n) is 8.79. The number of benzene rings is 2. The summed E-state index contributed by atoms with van der Waals surface area (Å²) in [6.45, 7) is 6.57. The van der Waals surface area contributed by atoms with Crippen molar-refractivity contribution >= 4 is 28.1 Å². The molecule has 7 nitrogen and oxygen atoms in total. The molecule has 178 valence electrons. The first-order valence-corrected chi connectivity index (χ1v) is 11.8. The van der Waals surface area contributed by atoms with Gasteiger partial charge in [0.05, 0.1) is 18.8 Å². The van der Waals surface area contributed by atoms with E-state index in [9.17, 15) is 4.79 Å². The molecule has 1 aliphatic rings. The van der Waals surface area contributed by atoms with Crippen LogP contribution in [0.15, 0.2) is 66.5 Å². The van der Waals surface area contributed by atoms with Gasteiger partial charge in [-0.1, -0.05) is 6.92 Å². The maximum Gasteiger partial charge on any atom is 0.252 e. The first-order chi connectivity index (χ1) is 17.0. The van der Waals surface area contributed by atoms with Gasteiger partial charge in [-0.05, 0) is 79.9 Å². The molecule has 0 spiro atoms. The van der Waals surface area contributed by atoms with Crippen molar-refractivity contribution in [1.82, 2.24) is 14.8 Å². The van der Waals surface area contributed by atoms with E-state index in [1.807, 2.05) is 54.2 Å². The SMILES string of the molecule is CCC(C(=O)Nc1ccc(OC)cc1)=C1c2cc3cnn(C(C)C)c3cc2COc2ncccc21. The molecule has 35 heavy (non-hydrogen) atoms. The van der Waals surface area contributed by atoms with Gasteiger partial charge in [0.2, 0.25) is 5.88 Å². The molecule has 1 amide bonds. The molecule has 0 aliphatic carbocycles. The second kappa shape index (κ2) is 9.25. The van der Waals surface area contributed by atoms with E-state index in [4.69, 9.17) is 9.47 Å². The van der Waals surface area contributed by atoms with Gasteiger partial charge in [0.1, 0.15) is 12.4 Å². The third-order valence-electron chi connectivity index (χ3n) is 6.26. The van der Waals surface area contributed by atoms with Crippen molar-refractivity contribution in [1.29, 1.82) is 0 Å². The van der Waals surface area contributed by atoms with Crippen LogP contribution in [-0.2, 0) is 11.4 Å². The maximum atomic E-state index is 13.6. The Balaban J connectivity index is 1.69. The van der Waals surface area contributed by atoms with Gasteiger partial charge in [-0.3, -0.25) is 9.48 Å². The van der Waals surface area contributed by atoms with Crippen molar-refractivity contribution in [3.8, 4) is 11.6 Å². The fraction of sp³-hybridized carbons (Fsp3) is 0.250. The first-order valence-electron chi connectivity index (χ1n) is 11.8. The number of hydrogen-bond donors (Lipinski definition) is 1. The van der Waals surface area contributed by atoms with Gasteiger partial charge < -0.3 is 14.8 Å². The van der Waals surface area contributed by atoms with Gasteiger partial charge in [0.15, 0.2) is 0 Å². The minimum Gasteiger partial charge on any atom is -0.497 e. The Morgan fingerprint density at radius 2 is 1.97 bits per heavy atom. The lowest BCUT2D eigenvalue weighted by Crippen LogP contribution is -2.16. The Morgan fingerprint density at radius 1 is 1.17 bits per heavy atom. The molecule has 2 aromatic heterocycles. The van der Waals surface area contributed by atoms with Gasteiger partial charge in [0.25, 0.3) is 5.91 Å². The zero-order chi connectivity index (χ0) is 24.5. The Labute approximate surface area is 204 Å². The summed E-state index contributed by atoms with van der Waals surface area (Å²) in [5.74, 6) is 1.10. The fourth-order valence-electron chi connectivity index (χ4n) is 4.54. The van der Waals surface area contributed by atoms with Crippen LogP contribution in [0.1, 0.15) is 49.9 Å². The van der Waals surface area contributed by atoms with Crippen molar-refractivity contribution in [2.45, 2.75) is 39.8 Å². The number of nitrogens with one attached hydrogen (secondary N) is 1. The molecule has 0 saturated heterocycles. The Kier molecular flexibility index (Phi) is 5.99. The minimum atomic E-state index is -0.159. The number of hydrogen-bond acceptors (Lipinski definition) is 5. The Hall–Kier alpha value is -4.13. The maximum absolute atomic E-state index is 13.6. The highest BCUT2D eigenvalue weighted by Gasteiger charge is 2.26. The normalized spacial score (nSPS) is 14.1. The second-order valence-corrected chi connectivity index (χ2v) is 8.79. The molecule has 2 aromatic carbocycles. The third kappa shape index (κ3) is 4.14. The molecular formula is C28H28N4O3. The minimum absolute atomic E-state index is 0.159. The number of pyridine rings is 1. The molecule has 5 rings (SSSR count). The lowest BCUT2D eigenvalue weighted by atomic mass is 9.89. The summed E-state index contributed by atoms with van der Waals surface area (Å²) in [6.07, 6.45) is 4.13. The van der Waals surface area contributed by atoms with Crippen molar-refractivity contribution in [3.05, 3.63) is 83.2 Å². The summed E-state index contributed by atoms with van der Waals surface area (Å²) in [5, 5.41) is 8.66. The molecule has 0 fully saturated rings. The molecule has 0 unspecified atom stereocenters. The third-order valence-corrected chi connectivity index (χ3v) is 6.26. The number of nitrogens with zero attached hydrogens (tertiary/aromatic N) is 3. The van der Waals surface area contributed by atoms with Gasteiger partial charge in [-0.25, -0.2) is 4.98 Å². The molecule has 4 aromatic rings. The molecule has 1 aliphatic heterocycles. The topological polar surface area (TPSA) is 78.3 Å². The van der Waals surface area contributed by atoms with Crippen molar-refractivity contribution in [2.24, 2.45) is 0 Å². The Bertz CT molecular complexity index is 1430. The highest BCUT2D eigenvalue weighted by molar-refractivity contribution is 6.12. The monoisotopic (exact) mass is 468 g/mol. The van der Waals surface area contributed by atoms with E-state index in [0.717, 1.165) is 38.9 Å². The number of anilines is 1. The van der Waals surface area contributed by atoms with Crippen molar-refractivity contribution in [3.63, 3.8) is 0 Å². The molecule has 1 N–H and O–H groups in total. The van der Waals surface area contributed by atoms with Gasteiger partial charge in [-0.15, -0.1) is 0 Å². The van der Waals surface area contributed by atoms with Gasteiger partial charge in [-0.2, -0.15) is 5.10 Å². The van der Waals surface area contributed by atoms with Crippen LogP contribution in [0.25, 0.3) is 16.5 Å². The quantitative estimate of drug-likeness (QED) is 0.377. The summed E-state index contributed by atoms with van der Waals surface area (Å²) in [5.41, 5.74) is 6.02. The van der Waals surface area contributed by atoms with E-state index in [-0.39, 0.29) is 11.9 Å². The van der Waals surface area contributed by atoms with Crippen LogP contribution in [0.5, 0.6) is 11.6 Å². The number of fused-ring (bicyclic) bond motifs is 3. The van der Waals surface area contributed by atoms with E-state index in [1.54, 1.807) is 13.3 Å². The Morgan fingerprint density at radius 3 is 2.69 bits per heavy atom. The molecule has 3 heterocycles. The zero-order valence-corrected chi connectivity index (χ0v) is 20.3. The highest BCUT2D eigenvalue weighted by atomic mass is 16.5. The summed E-state index contributed by atoms with van der Waals surface area (Å²) in [4.78, 5) is 18.1. The highest BCUT2D eigenvalue weighted by Crippen LogP contribution is 2.40. The smallest absolute Gasteiger partial charge is 0.252 e. The van der Waals surface area contributed by atoms with Crippen LogP contribution in [0.3, 0.4) is 0 Å². The van der Waals surface area contributed by atoms with E-state index in [2.05, 4.69) is 41.4 Å². The lowest BCUT2D eigenvalue weighted by molar-refractivity contribution is -0.112. The molecule has 0 saturated carbocycles. The predicted octanol–water partition coefficient (Wildman–Crippen LogP) is 5.76. The standard InChI is InChI=1S/C28H28N4O3/c1-5-22(27(33)31-20-8-10-21(34-4)11-9-20)26-23-7-6-12-29-28(23)35-16-19-14-25-18(13-24(19)26)15-30-32(25)17(2)3/h6-15,17H,5,16H2,1-4H3,(H,31,33). The largest absolute Gasteiger partial charge is 0.497 e. The summed E-state index contributed by atoms with van der Waals surface area (Å²) >= 11 is 0.